The van der Waals surface area contributed by atoms with Crippen LogP contribution in [0.4, 0.5) is 0 Å². The molecule has 10 aromatic rings. The number of hydrogen-bond acceptors (Lipinski definition) is 6. The summed E-state index contributed by atoms with van der Waals surface area (Å²) in [6, 6.07) is 53.0. The van der Waals surface area contributed by atoms with Crippen molar-refractivity contribution in [3.05, 3.63) is 158 Å². The quantitative estimate of drug-likeness (QED) is 0.186. The molecule has 0 fully saturated rings. The van der Waals surface area contributed by atoms with E-state index in [9.17, 15) is 0 Å². The summed E-state index contributed by atoms with van der Waals surface area (Å²) in [4.78, 5) is 19.7. The molecule has 0 aliphatic rings. The molecule has 6 aromatic carbocycles. The Morgan fingerprint density at radius 2 is 0.740 bits per heavy atom. The molecule has 0 unspecified atom stereocenters. The Kier molecular flexibility index (Phi) is 6.39. The molecule has 6 heteroatoms. The smallest absolute Gasteiger partial charge is 0.231 e. The van der Waals surface area contributed by atoms with Crippen LogP contribution in [0.5, 0.6) is 0 Å². The Morgan fingerprint density at radius 1 is 0.320 bits per heavy atom. The molecule has 50 heavy (non-hydrogen) atoms. The van der Waals surface area contributed by atoms with E-state index in [1.165, 1.54) is 0 Å². The van der Waals surface area contributed by atoms with Gasteiger partial charge in [-0.1, -0.05) is 146 Å². The number of aromatic nitrogens is 4. The molecule has 0 N–H and O–H groups in total. The number of furan rings is 2. The number of nitrogens with zero attached hydrogens (tertiary/aromatic N) is 4. The van der Waals surface area contributed by atoms with E-state index in [4.69, 9.17) is 28.8 Å². The lowest BCUT2D eigenvalue weighted by Crippen LogP contribution is -2.00. The van der Waals surface area contributed by atoms with Gasteiger partial charge < -0.3 is 8.83 Å². The Bertz CT molecular complexity index is 2780. The maximum atomic E-state index is 6.49. The van der Waals surface area contributed by atoms with E-state index in [-0.39, 0.29) is 0 Å². The van der Waals surface area contributed by atoms with Crippen LogP contribution in [0.1, 0.15) is 0 Å². The van der Waals surface area contributed by atoms with Crippen molar-refractivity contribution in [3.8, 4) is 56.5 Å². The number of benzene rings is 6. The summed E-state index contributed by atoms with van der Waals surface area (Å²) in [5.74, 6) is 1.91. The second kappa shape index (κ2) is 11.4. The largest absolute Gasteiger partial charge is 0.455 e. The Hall–Kier alpha value is -6.92. The van der Waals surface area contributed by atoms with Gasteiger partial charge in [-0.3, -0.25) is 0 Å². The average Bonchev–Trinajstić information content (AvgIpc) is 3.77. The van der Waals surface area contributed by atoms with E-state index in [0.29, 0.717) is 23.2 Å². The molecule has 234 valence electrons. The van der Waals surface area contributed by atoms with Gasteiger partial charge in [0.25, 0.3) is 0 Å². The predicted octanol–water partition coefficient (Wildman–Crippen LogP) is 11.4. The highest BCUT2D eigenvalue weighted by Crippen LogP contribution is 2.43. The van der Waals surface area contributed by atoms with Crippen molar-refractivity contribution in [1.82, 2.24) is 19.9 Å². The van der Waals surface area contributed by atoms with Crippen LogP contribution < -0.4 is 0 Å². The first-order chi connectivity index (χ1) is 24.8. The monoisotopic (exact) mass is 642 g/mol. The fraction of sp³-hybridized carbons (Fsp3) is 0. The first-order valence-electron chi connectivity index (χ1n) is 16.5. The van der Waals surface area contributed by atoms with Gasteiger partial charge in [0, 0.05) is 33.0 Å². The molecule has 4 heterocycles. The minimum Gasteiger partial charge on any atom is -0.455 e. The maximum absolute atomic E-state index is 6.49. The molecule has 0 saturated carbocycles. The Morgan fingerprint density at radius 3 is 1.30 bits per heavy atom. The van der Waals surface area contributed by atoms with Crippen LogP contribution in [0, 0.1) is 0 Å². The van der Waals surface area contributed by atoms with Crippen molar-refractivity contribution in [3.63, 3.8) is 0 Å². The summed E-state index contributed by atoms with van der Waals surface area (Å²) in [7, 11) is 0. The van der Waals surface area contributed by atoms with Crippen molar-refractivity contribution < 1.29 is 8.83 Å². The van der Waals surface area contributed by atoms with Crippen molar-refractivity contribution in [1.29, 1.82) is 0 Å². The van der Waals surface area contributed by atoms with Crippen LogP contribution in [0.2, 0.25) is 0 Å². The molecule has 0 aliphatic heterocycles. The zero-order valence-corrected chi connectivity index (χ0v) is 26.6. The number of rotatable bonds is 5. The number of hydrogen-bond donors (Lipinski definition) is 0. The fourth-order valence-corrected chi connectivity index (χ4v) is 6.72. The molecule has 4 aromatic heterocycles. The summed E-state index contributed by atoms with van der Waals surface area (Å²) in [6.45, 7) is 0. The summed E-state index contributed by atoms with van der Waals surface area (Å²) in [6.07, 6.45) is 0. The zero-order valence-electron chi connectivity index (χ0n) is 26.6. The van der Waals surface area contributed by atoms with Gasteiger partial charge >= 0.3 is 0 Å². The zero-order chi connectivity index (χ0) is 33.0. The average molecular weight is 643 g/mol. The van der Waals surface area contributed by atoms with Gasteiger partial charge in [-0.25, -0.2) is 19.9 Å². The number of fused-ring (bicyclic) bond motifs is 7. The first-order valence-corrected chi connectivity index (χ1v) is 16.5. The second-order valence-electron chi connectivity index (χ2n) is 12.2. The van der Waals surface area contributed by atoms with Crippen molar-refractivity contribution in [2.45, 2.75) is 0 Å². The fourth-order valence-electron chi connectivity index (χ4n) is 6.72. The van der Waals surface area contributed by atoms with Crippen LogP contribution in [-0.2, 0) is 0 Å². The van der Waals surface area contributed by atoms with E-state index in [2.05, 4.69) is 60.7 Å². The van der Waals surface area contributed by atoms with Gasteiger partial charge in [0.15, 0.2) is 23.1 Å². The van der Waals surface area contributed by atoms with Crippen molar-refractivity contribution in [2.24, 2.45) is 0 Å². The number of pyridine rings is 1. The minimum atomic E-state index is 0.566. The number of para-hydroxylation sites is 2. The van der Waals surface area contributed by atoms with Crippen molar-refractivity contribution in [2.75, 3.05) is 0 Å². The van der Waals surface area contributed by atoms with Gasteiger partial charge in [0.2, 0.25) is 5.71 Å². The first kappa shape index (κ1) is 28.1. The van der Waals surface area contributed by atoms with E-state index >= 15 is 0 Å². The summed E-state index contributed by atoms with van der Waals surface area (Å²) < 4.78 is 12.7. The highest BCUT2D eigenvalue weighted by Gasteiger charge is 2.22. The van der Waals surface area contributed by atoms with Crippen LogP contribution in [0.15, 0.2) is 167 Å². The third kappa shape index (κ3) is 4.65. The lowest BCUT2D eigenvalue weighted by Gasteiger charge is -2.09. The van der Waals surface area contributed by atoms with Crippen LogP contribution in [0.25, 0.3) is 101 Å². The second-order valence-corrected chi connectivity index (χ2v) is 12.2. The molecule has 0 bridgehead atoms. The molecular weight excluding hydrogens is 617 g/mol. The van der Waals surface area contributed by atoms with E-state index < -0.39 is 0 Å². The van der Waals surface area contributed by atoms with Crippen molar-refractivity contribution >= 4 is 44.0 Å². The van der Waals surface area contributed by atoms with E-state index in [0.717, 1.165) is 77.4 Å². The third-order valence-corrected chi connectivity index (χ3v) is 9.18. The van der Waals surface area contributed by atoms with E-state index in [1.807, 2.05) is 97.1 Å². The summed E-state index contributed by atoms with van der Waals surface area (Å²) in [5, 5.41) is 3.91. The van der Waals surface area contributed by atoms with E-state index in [1.54, 1.807) is 0 Å². The molecular formula is C44H26N4O2. The van der Waals surface area contributed by atoms with Crippen LogP contribution >= 0.6 is 0 Å². The standard InChI is InChI=1S/C44H26N4O2/c1-3-11-30(12-4-1)41-46-42(31-13-5-2-6-14-31)48-43(47-41)32-25-21-28(22-26-32)27-19-23-29(24-20-27)39-37-33-15-7-9-17-35(33)49-40(37)38-34-16-8-10-18-36(34)50-44(38)45-39/h1-26H. The lowest BCUT2D eigenvalue weighted by molar-refractivity contribution is 0.651. The highest BCUT2D eigenvalue weighted by atomic mass is 16.4. The molecule has 0 spiro atoms. The third-order valence-electron chi connectivity index (χ3n) is 9.18. The maximum Gasteiger partial charge on any atom is 0.231 e. The van der Waals surface area contributed by atoms with Gasteiger partial charge in [-0.05, 0) is 23.3 Å². The van der Waals surface area contributed by atoms with Crippen LogP contribution in [0.3, 0.4) is 0 Å². The molecule has 0 atom stereocenters. The SMILES string of the molecule is c1ccc(-c2nc(-c3ccccc3)nc(-c3ccc(-c4ccc(-c5nc6oc7ccccc7c6c6oc7ccccc7c56)cc4)cc3)n2)cc1. The Balaban J connectivity index is 1.03. The highest BCUT2D eigenvalue weighted by molar-refractivity contribution is 6.24. The molecule has 0 amide bonds. The Labute approximate surface area is 286 Å². The van der Waals surface area contributed by atoms with Gasteiger partial charge in [0.05, 0.1) is 16.5 Å². The normalized spacial score (nSPS) is 11.6. The molecule has 0 aliphatic carbocycles. The van der Waals surface area contributed by atoms with Crippen LogP contribution in [-0.4, -0.2) is 19.9 Å². The summed E-state index contributed by atoms with van der Waals surface area (Å²) >= 11 is 0. The minimum absolute atomic E-state index is 0.566. The van der Waals surface area contributed by atoms with Gasteiger partial charge in [-0.15, -0.1) is 0 Å². The molecule has 0 radical (unpaired) electrons. The molecule has 0 saturated heterocycles. The molecule has 10 rings (SSSR count). The lowest BCUT2D eigenvalue weighted by atomic mass is 9.99. The summed E-state index contributed by atoms with van der Waals surface area (Å²) in [5.41, 5.74) is 9.76. The van der Waals surface area contributed by atoms with Gasteiger partial charge in [0.1, 0.15) is 11.2 Å². The topological polar surface area (TPSA) is 77.8 Å². The van der Waals surface area contributed by atoms with Gasteiger partial charge in [-0.2, -0.15) is 0 Å². The predicted molar refractivity (Wildman–Crippen MR) is 199 cm³/mol. The molecule has 6 nitrogen and oxygen atoms in total.